The third-order valence-electron chi connectivity index (χ3n) is 5.14. The number of ether oxygens (including phenoxy) is 1. The Morgan fingerprint density at radius 1 is 1.21 bits per heavy atom. The number of hydrogen-bond donors (Lipinski definition) is 1. The molecule has 3 heterocycles. The van der Waals surface area contributed by atoms with E-state index in [4.69, 9.17) is 9.72 Å². The molecule has 2 atom stereocenters. The molecule has 2 aromatic heterocycles. The van der Waals surface area contributed by atoms with Crippen LogP contribution in [0.4, 0.5) is 0 Å². The number of nitrogens with one attached hydrogen (secondary N) is 1. The zero-order valence-corrected chi connectivity index (χ0v) is 15.8. The van der Waals surface area contributed by atoms with Crippen molar-refractivity contribution in [2.75, 3.05) is 26.8 Å². The van der Waals surface area contributed by atoms with Crippen molar-refractivity contribution in [2.45, 2.75) is 12.3 Å². The molecule has 7 heteroatoms. The van der Waals surface area contributed by atoms with E-state index in [1.54, 1.807) is 19.5 Å². The molecule has 0 bridgehead atoms. The van der Waals surface area contributed by atoms with E-state index in [9.17, 15) is 4.79 Å². The summed E-state index contributed by atoms with van der Waals surface area (Å²) in [5, 5.41) is 7.45. The normalized spacial score (nSPS) is 19.1. The molecule has 0 aliphatic carbocycles. The molecular formula is C21H23N5O2. The molecule has 0 radical (unpaired) electrons. The first-order valence-corrected chi connectivity index (χ1v) is 9.38. The molecule has 4 rings (SSSR count). The van der Waals surface area contributed by atoms with Gasteiger partial charge in [-0.25, -0.2) is 4.98 Å². The largest absolute Gasteiger partial charge is 0.384 e. The lowest BCUT2D eigenvalue weighted by molar-refractivity contribution is -0.129. The molecule has 1 fully saturated rings. The molecule has 144 valence electrons. The van der Waals surface area contributed by atoms with Crippen LogP contribution < -0.4 is 0 Å². The van der Waals surface area contributed by atoms with Gasteiger partial charge in [-0.3, -0.25) is 14.9 Å². The van der Waals surface area contributed by atoms with E-state index in [2.05, 4.69) is 15.2 Å². The Morgan fingerprint density at radius 2 is 2.07 bits per heavy atom. The Balaban J connectivity index is 1.50. The maximum absolute atomic E-state index is 12.8. The van der Waals surface area contributed by atoms with Crippen LogP contribution in [0.3, 0.4) is 0 Å². The zero-order valence-electron chi connectivity index (χ0n) is 15.8. The number of nitrogens with zero attached hydrogens (tertiary/aromatic N) is 4. The van der Waals surface area contributed by atoms with Gasteiger partial charge in [-0.05, 0) is 11.6 Å². The van der Waals surface area contributed by atoms with E-state index >= 15 is 0 Å². The van der Waals surface area contributed by atoms with Crippen LogP contribution in [0.15, 0.2) is 54.9 Å². The summed E-state index contributed by atoms with van der Waals surface area (Å²) in [6.07, 6.45) is 3.80. The van der Waals surface area contributed by atoms with Gasteiger partial charge < -0.3 is 9.64 Å². The maximum Gasteiger partial charge on any atom is 0.227 e. The first-order chi connectivity index (χ1) is 13.7. The van der Waals surface area contributed by atoms with Crippen LogP contribution in [0.5, 0.6) is 0 Å². The van der Waals surface area contributed by atoms with Crippen LogP contribution in [-0.2, 0) is 16.0 Å². The lowest BCUT2D eigenvalue weighted by Crippen LogP contribution is -2.30. The van der Waals surface area contributed by atoms with Crippen LogP contribution in [0.25, 0.3) is 11.4 Å². The van der Waals surface area contributed by atoms with Crippen molar-refractivity contribution < 1.29 is 9.53 Å². The van der Waals surface area contributed by atoms with Crippen molar-refractivity contribution in [3.8, 4) is 11.4 Å². The summed E-state index contributed by atoms with van der Waals surface area (Å²) in [5.74, 6) is 1.83. The number of likely N-dealkylation sites (tertiary alicyclic amines) is 1. The monoisotopic (exact) mass is 377 g/mol. The van der Waals surface area contributed by atoms with E-state index in [0.29, 0.717) is 31.9 Å². The molecule has 1 aromatic carbocycles. The standard InChI is InChI=1S/C21H23N5O2/c1-28-14-17-12-26(19(27)10-15-6-5-9-22-11-15)13-18(17)21-23-20(24-25-21)16-7-3-2-4-8-16/h2-9,11,17-18H,10,12-14H2,1H3,(H,23,24,25)/t17-,18+/m0/s1. The van der Waals surface area contributed by atoms with Crippen LogP contribution in [0.2, 0.25) is 0 Å². The van der Waals surface area contributed by atoms with E-state index in [0.717, 1.165) is 17.0 Å². The van der Waals surface area contributed by atoms with Gasteiger partial charge >= 0.3 is 0 Å². The molecule has 1 N–H and O–H groups in total. The highest BCUT2D eigenvalue weighted by atomic mass is 16.5. The van der Waals surface area contributed by atoms with Crippen molar-refractivity contribution in [1.29, 1.82) is 0 Å². The summed E-state index contributed by atoms with van der Waals surface area (Å²) in [5.41, 5.74) is 1.89. The Kier molecular flexibility index (Phi) is 5.43. The van der Waals surface area contributed by atoms with Crippen LogP contribution in [-0.4, -0.2) is 57.8 Å². The summed E-state index contributed by atoms with van der Waals surface area (Å²) < 4.78 is 5.41. The lowest BCUT2D eigenvalue weighted by atomic mass is 9.96. The molecule has 1 amide bonds. The molecule has 1 aliphatic rings. The second-order valence-corrected chi connectivity index (χ2v) is 7.07. The number of H-pyrrole nitrogens is 1. The number of aromatic amines is 1. The maximum atomic E-state index is 12.8. The third kappa shape index (κ3) is 3.94. The first-order valence-electron chi connectivity index (χ1n) is 9.38. The number of carbonyl (C=O) groups is 1. The number of pyridine rings is 1. The number of carbonyl (C=O) groups excluding carboxylic acids is 1. The molecule has 0 unspecified atom stereocenters. The van der Waals surface area contributed by atoms with Gasteiger partial charge in [-0.15, -0.1) is 0 Å². The molecule has 1 saturated heterocycles. The number of benzene rings is 1. The molecule has 1 aliphatic heterocycles. The van der Waals surface area contributed by atoms with Gasteiger partial charge in [0, 0.05) is 50.0 Å². The Bertz CT molecular complexity index is 913. The third-order valence-corrected chi connectivity index (χ3v) is 5.14. The van der Waals surface area contributed by atoms with Crippen LogP contribution >= 0.6 is 0 Å². The topological polar surface area (TPSA) is 84.0 Å². The number of methoxy groups -OCH3 is 1. The minimum Gasteiger partial charge on any atom is -0.384 e. The Hall–Kier alpha value is -3.06. The van der Waals surface area contributed by atoms with E-state index < -0.39 is 0 Å². The van der Waals surface area contributed by atoms with E-state index in [1.165, 1.54) is 0 Å². The molecule has 0 saturated carbocycles. The molecule has 28 heavy (non-hydrogen) atoms. The van der Waals surface area contributed by atoms with Crippen molar-refractivity contribution in [1.82, 2.24) is 25.1 Å². The minimum absolute atomic E-state index is 0.0720. The minimum atomic E-state index is 0.0720. The first kappa shape index (κ1) is 18.3. The Morgan fingerprint density at radius 3 is 2.82 bits per heavy atom. The van der Waals surface area contributed by atoms with E-state index in [1.807, 2.05) is 47.4 Å². The van der Waals surface area contributed by atoms with Crippen molar-refractivity contribution in [2.24, 2.45) is 5.92 Å². The summed E-state index contributed by atoms with van der Waals surface area (Å²) in [6, 6.07) is 13.6. The predicted octanol–water partition coefficient (Wildman–Crippen LogP) is 2.30. The van der Waals surface area contributed by atoms with Crippen LogP contribution in [0.1, 0.15) is 17.3 Å². The fourth-order valence-electron chi connectivity index (χ4n) is 3.71. The van der Waals surface area contributed by atoms with Gasteiger partial charge in [0.15, 0.2) is 5.82 Å². The lowest BCUT2D eigenvalue weighted by Gasteiger charge is -2.16. The second kappa shape index (κ2) is 8.31. The summed E-state index contributed by atoms with van der Waals surface area (Å²) in [7, 11) is 1.69. The summed E-state index contributed by atoms with van der Waals surface area (Å²) in [6.45, 7) is 1.83. The van der Waals surface area contributed by atoms with Gasteiger partial charge in [0.05, 0.1) is 13.0 Å². The molecule has 0 spiro atoms. The van der Waals surface area contributed by atoms with Crippen molar-refractivity contribution in [3.05, 3.63) is 66.2 Å². The number of rotatable bonds is 6. The highest BCUT2D eigenvalue weighted by Crippen LogP contribution is 2.32. The SMILES string of the molecule is COC[C@@H]1CN(C(=O)Cc2cccnc2)C[C@H]1c1nc(-c2ccccc2)n[nH]1. The van der Waals surface area contributed by atoms with Gasteiger partial charge in [0.1, 0.15) is 5.82 Å². The van der Waals surface area contributed by atoms with E-state index in [-0.39, 0.29) is 17.7 Å². The zero-order chi connectivity index (χ0) is 19.3. The number of hydrogen-bond acceptors (Lipinski definition) is 5. The van der Waals surface area contributed by atoms with Gasteiger partial charge in [0.25, 0.3) is 0 Å². The van der Waals surface area contributed by atoms with Gasteiger partial charge in [-0.2, -0.15) is 5.10 Å². The highest BCUT2D eigenvalue weighted by Gasteiger charge is 2.38. The highest BCUT2D eigenvalue weighted by molar-refractivity contribution is 5.79. The van der Waals surface area contributed by atoms with Crippen molar-refractivity contribution in [3.63, 3.8) is 0 Å². The van der Waals surface area contributed by atoms with Crippen LogP contribution in [0, 0.1) is 5.92 Å². The molecule has 3 aromatic rings. The Labute approximate surface area is 163 Å². The van der Waals surface area contributed by atoms with Crippen molar-refractivity contribution >= 4 is 5.91 Å². The summed E-state index contributed by atoms with van der Waals surface area (Å²) >= 11 is 0. The number of amides is 1. The van der Waals surface area contributed by atoms with Gasteiger partial charge in [-0.1, -0.05) is 36.4 Å². The molecule has 7 nitrogen and oxygen atoms in total. The average Bonchev–Trinajstić information content (AvgIpc) is 3.37. The fraction of sp³-hybridized carbons (Fsp3) is 0.333. The quantitative estimate of drug-likeness (QED) is 0.713. The van der Waals surface area contributed by atoms with Gasteiger partial charge in [0.2, 0.25) is 5.91 Å². The molecular weight excluding hydrogens is 354 g/mol. The fourth-order valence-corrected chi connectivity index (χ4v) is 3.71. The second-order valence-electron chi connectivity index (χ2n) is 7.07. The summed E-state index contributed by atoms with van der Waals surface area (Å²) in [4.78, 5) is 23.5. The smallest absolute Gasteiger partial charge is 0.227 e. The average molecular weight is 377 g/mol. The number of aromatic nitrogens is 4. The predicted molar refractivity (Wildman–Crippen MR) is 104 cm³/mol.